The summed E-state index contributed by atoms with van der Waals surface area (Å²) in [5.41, 5.74) is 13.5. The van der Waals surface area contributed by atoms with Crippen molar-refractivity contribution in [1.29, 1.82) is 0 Å². The summed E-state index contributed by atoms with van der Waals surface area (Å²) in [6, 6.07) is 0. The molecule has 26 atom stereocenters. The zero-order valence-corrected chi connectivity index (χ0v) is 72.9. The SMILES string of the molecule is C=C1[C@H](O)CC(=C/C=C2\CCC[C@@H]3C([C@@H](C)CCCC(C)(C)O)CC[C@@H]23)C[C@H]1O.C=C1[C@H](O)CC(=C/C=C2\CCC[C@@]3(C)C2CCC3[C@@H](C)CC(C)F)C[C@H]1O.C=C1[C@H](O)CC(=C/C=C2\CCC[C@@]3(C)C2CCC3[C@H](C)CC(C)F)C[C@H]1O.CC(C)C[C@H](C)C1CCC2/C(=C/C=C3C[C@@H](O)C(=CCCO)[C@H](O)C3)CCC[C@@]21C. The van der Waals surface area contributed by atoms with Crippen LogP contribution < -0.4 is 0 Å². The van der Waals surface area contributed by atoms with E-state index in [1.807, 2.05) is 13.8 Å². The number of alkyl halides is 2. The first kappa shape index (κ1) is 93.2. The van der Waals surface area contributed by atoms with E-state index in [4.69, 9.17) is 5.11 Å². The van der Waals surface area contributed by atoms with Crippen molar-refractivity contribution in [3.63, 3.8) is 0 Å². The normalized spacial score (nSPS) is 38.4. The van der Waals surface area contributed by atoms with Crippen LogP contribution in [0.2, 0.25) is 0 Å². The topological polar surface area (TPSA) is 202 Å². The first-order valence-corrected chi connectivity index (χ1v) is 45.7. The number of fused-ring (bicyclic) bond motifs is 4. The monoisotopic (exact) mass is 1570 g/mol. The van der Waals surface area contributed by atoms with Gasteiger partial charge in [-0.3, -0.25) is 0 Å². The van der Waals surface area contributed by atoms with E-state index in [9.17, 15) is 54.7 Å². The van der Waals surface area contributed by atoms with Gasteiger partial charge in [0.2, 0.25) is 0 Å². The molecule has 0 aliphatic heterocycles. The number of aliphatic hydroxyl groups excluding tert-OH is 9. The van der Waals surface area contributed by atoms with E-state index < -0.39 is 66.8 Å². The molecular weight excluding hydrogens is 1410 g/mol. The molecule has 0 aromatic rings. The Kier molecular flexibility index (Phi) is 34.3. The van der Waals surface area contributed by atoms with Crippen LogP contribution in [0, 0.1) is 99.1 Å². The summed E-state index contributed by atoms with van der Waals surface area (Å²) in [6.07, 6.45) is 49.4. The highest BCUT2D eigenvalue weighted by molar-refractivity contribution is 5.35. The van der Waals surface area contributed by atoms with Gasteiger partial charge in [0.05, 0.1) is 66.8 Å². The van der Waals surface area contributed by atoms with Crippen LogP contribution in [-0.2, 0) is 0 Å². The van der Waals surface area contributed by atoms with Gasteiger partial charge in [0.1, 0.15) is 0 Å². The summed E-state index contributed by atoms with van der Waals surface area (Å²) in [5.74, 6) is 9.47. The molecule has 0 aromatic carbocycles. The Bertz CT molecular complexity index is 3270. The summed E-state index contributed by atoms with van der Waals surface area (Å²) in [4.78, 5) is 0. The molecule has 0 radical (unpaired) electrons. The lowest BCUT2D eigenvalue weighted by Gasteiger charge is -2.44. The van der Waals surface area contributed by atoms with Gasteiger partial charge in [-0.2, -0.15) is 0 Å². The van der Waals surface area contributed by atoms with Crippen molar-refractivity contribution in [2.45, 2.75) is 382 Å². The molecule has 12 saturated carbocycles. The molecule has 12 heteroatoms. The van der Waals surface area contributed by atoms with Crippen molar-refractivity contribution in [2.24, 2.45) is 99.1 Å². The number of aliphatic hydroxyl groups is 10. The average Bonchev–Trinajstić information content (AvgIpc) is 1.68. The van der Waals surface area contributed by atoms with Crippen LogP contribution in [0.3, 0.4) is 0 Å². The molecule has 113 heavy (non-hydrogen) atoms. The third-order valence-electron chi connectivity index (χ3n) is 31.6. The highest BCUT2D eigenvalue weighted by Gasteiger charge is 2.54. The van der Waals surface area contributed by atoms with Gasteiger partial charge in [0.15, 0.2) is 0 Å². The maximum atomic E-state index is 13.6. The Balaban J connectivity index is 0.000000173. The second-order valence-corrected chi connectivity index (χ2v) is 40.9. The highest BCUT2D eigenvalue weighted by Crippen LogP contribution is 2.63. The fourth-order valence-corrected chi connectivity index (χ4v) is 25.8. The summed E-state index contributed by atoms with van der Waals surface area (Å²) in [7, 11) is 0. The predicted octanol–water partition coefficient (Wildman–Crippen LogP) is 21.9. The van der Waals surface area contributed by atoms with Crippen LogP contribution in [0.25, 0.3) is 0 Å². The Hall–Kier alpha value is -3.66. The minimum Gasteiger partial charge on any atom is -0.396 e. The van der Waals surface area contributed by atoms with E-state index in [0.29, 0.717) is 140 Å². The molecule has 0 amide bonds. The standard InChI is InChI=1S/C27H44O3.C26H42O3.2C24H37FO2/c1-18(2)15-19(3)23-11-12-24-21(7-5-13-27(23,24)4)10-9-20-16-25(29)22(8-6-14-28)26(30)17-20;1-17(7-6-14-26(3,4)29)21-12-13-22-20(8-5-9-23(21)22)11-10-19-15-24(27)18(2)25(28)16-19;2*1-15(12-16(2)25)20-9-10-21-19(6-5-11-24(20,21)4)8-7-18-13-22(26)17(3)23(27)14-18/h8-10,18-19,23-26,28-30H,5-7,11-17H2,1-4H3;10-11,17,21-25,27-29H,2,5-9,12-16H2,1,3-4H3;2*7-8,15-16,20-23,26-27H,3,5-6,9-14H2,1-2,4H3/b20-9?,21-10+,22-8?;20-11+;2*19-8+/t19-,23?,24?,25+,26+,27+;17-,21?,22-,23+,24+,25+;15-,16?,20?,21?,22+,23+,24+;15-,16?,20?,21?,22-,23-,24-/m0001/s1. The fourth-order valence-electron chi connectivity index (χ4n) is 25.8. The zero-order valence-electron chi connectivity index (χ0n) is 72.9. The Morgan fingerprint density at radius 2 is 0.761 bits per heavy atom. The van der Waals surface area contributed by atoms with E-state index in [1.165, 1.54) is 140 Å². The van der Waals surface area contributed by atoms with Crippen molar-refractivity contribution in [3.8, 4) is 0 Å². The van der Waals surface area contributed by atoms with Gasteiger partial charge >= 0.3 is 0 Å². The van der Waals surface area contributed by atoms with E-state index in [0.717, 1.165) is 89.4 Å². The minimum atomic E-state index is -0.718. The molecule has 0 heterocycles. The number of halogens is 2. The molecule has 12 aliphatic carbocycles. The van der Waals surface area contributed by atoms with Crippen molar-refractivity contribution in [1.82, 2.24) is 0 Å². The lowest BCUT2D eigenvalue weighted by atomic mass is 9.60. The largest absolute Gasteiger partial charge is 0.396 e. The molecule has 0 aromatic heterocycles. The van der Waals surface area contributed by atoms with Crippen molar-refractivity contribution < 1.29 is 59.8 Å². The molecule has 12 aliphatic rings. The van der Waals surface area contributed by atoms with E-state index in [2.05, 4.69) is 131 Å². The first-order chi connectivity index (χ1) is 53.3. The van der Waals surface area contributed by atoms with Gasteiger partial charge in [-0.15, -0.1) is 0 Å². The molecule has 9 unspecified atom stereocenters. The van der Waals surface area contributed by atoms with Gasteiger partial charge in [-0.05, 0) is 361 Å². The fraction of sp³-hybridized carbons (Fsp3) is 0.762. The summed E-state index contributed by atoms with van der Waals surface area (Å²) >= 11 is 0. The van der Waals surface area contributed by atoms with Crippen LogP contribution in [-0.4, -0.2) is 124 Å². The van der Waals surface area contributed by atoms with Gasteiger partial charge in [-0.1, -0.05) is 194 Å². The van der Waals surface area contributed by atoms with Gasteiger partial charge in [-0.25, -0.2) is 8.78 Å². The maximum absolute atomic E-state index is 13.6. The quantitative estimate of drug-likeness (QED) is 0.0523. The molecule has 0 spiro atoms. The Morgan fingerprint density at radius 3 is 1.10 bits per heavy atom. The van der Waals surface area contributed by atoms with E-state index >= 15 is 0 Å². The smallest absolute Gasteiger partial charge is 0.0976 e. The number of hydrogen-bond acceptors (Lipinski definition) is 10. The molecule has 10 N–H and O–H groups in total. The molecule has 638 valence electrons. The lowest BCUT2D eigenvalue weighted by Crippen LogP contribution is -2.36. The molecule has 10 nitrogen and oxygen atoms in total. The summed E-state index contributed by atoms with van der Waals surface area (Å²) in [5, 5.41) is 100. The van der Waals surface area contributed by atoms with Gasteiger partial charge in [0.25, 0.3) is 0 Å². The molecule has 0 bridgehead atoms. The van der Waals surface area contributed by atoms with E-state index in [1.54, 1.807) is 31.1 Å². The number of rotatable bonds is 20. The third kappa shape index (κ3) is 23.9. The molecule has 12 fully saturated rings. The van der Waals surface area contributed by atoms with Crippen LogP contribution in [0.1, 0.15) is 315 Å². The maximum Gasteiger partial charge on any atom is 0.0976 e. The summed E-state index contributed by atoms with van der Waals surface area (Å²) in [6.45, 7) is 40.1. The Labute approximate surface area is 684 Å². The first-order valence-electron chi connectivity index (χ1n) is 45.7. The lowest BCUT2D eigenvalue weighted by molar-refractivity contribution is 0.0651. The van der Waals surface area contributed by atoms with Crippen LogP contribution >= 0.6 is 0 Å². The number of allylic oxidation sites excluding steroid dienone is 12. The average molecular weight is 1570 g/mol. The van der Waals surface area contributed by atoms with Crippen LogP contribution in [0.4, 0.5) is 8.78 Å². The van der Waals surface area contributed by atoms with Gasteiger partial charge in [0, 0.05) is 6.61 Å². The van der Waals surface area contributed by atoms with Crippen molar-refractivity contribution in [2.75, 3.05) is 6.61 Å². The predicted molar refractivity (Wildman–Crippen MR) is 462 cm³/mol. The molecule has 0 saturated heterocycles. The number of hydrogen-bond donors (Lipinski definition) is 10. The van der Waals surface area contributed by atoms with Crippen LogP contribution in [0.5, 0.6) is 0 Å². The second kappa shape index (κ2) is 41.5. The second-order valence-electron chi connectivity index (χ2n) is 40.9. The van der Waals surface area contributed by atoms with Crippen LogP contribution in [0.15, 0.2) is 141 Å². The zero-order chi connectivity index (χ0) is 82.6. The Morgan fingerprint density at radius 1 is 0.425 bits per heavy atom. The van der Waals surface area contributed by atoms with Gasteiger partial charge < -0.3 is 51.1 Å². The molecular formula is C101H160F2O10. The highest BCUT2D eigenvalue weighted by atomic mass is 19.1. The minimum absolute atomic E-state index is 0.0503. The van der Waals surface area contributed by atoms with E-state index in [-0.39, 0.29) is 17.4 Å². The third-order valence-corrected chi connectivity index (χ3v) is 31.6. The van der Waals surface area contributed by atoms with Crippen molar-refractivity contribution >= 4 is 0 Å². The molecule has 12 rings (SSSR count). The van der Waals surface area contributed by atoms with Crippen molar-refractivity contribution in [3.05, 3.63) is 141 Å². The summed E-state index contributed by atoms with van der Waals surface area (Å²) < 4.78 is 27.2.